The summed E-state index contributed by atoms with van der Waals surface area (Å²) in [6, 6.07) is 3.10. The van der Waals surface area contributed by atoms with Crippen LogP contribution in [-0.4, -0.2) is 18.1 Å². The number of nitrogens with one attached hydrogen (secondary N) is 1. The number of ether oxygens (including phenoxy) is 1. The van der Waals surface area contributed by atoms with Crippen molar-refractivity contribution in [3.05, 3.63) is 23.5 Å². The van der Waals surface area contributed by atoms with Gasteiger partial charge in [0.1, 0.15) is 5.15 Å². The van der Waals surface area contributed by atoms with E-state index in [1.54, 1.807) is 12.1 Å². The molecule has 0 bridgehead atoms. The molecule has 0 aliphatic rings. The second-order valence-corrected chi connectivity index (χ2v) is 2.34. The van der Waals surface area contributed by atoms with E-state index < -0.39 is 6.09 Å². The van der Waals surface area contributed by atoms with Gasteiger partial charge in [-0.2, -0.15) is 0 Å². The zero-order chi connectivity index (χ0) is 8.97. The number of hydrogen-bond donors (Lipinski definition) is 1. The first kappa shape index (κ1) is 8.80. The fraction of sp³-hybridized carbons (Fsp3) is 0.143. The van der Waals surface area contributed by atoms with Gasteiger partial charge >= 0.3 is 6.09 Å². The van der Waals surface area contributed by atoms with Crippen molar-refractivity contribution in [2.24, 2.45) is 0 Å². The van der Waals surface area contributed by atoms with Gasteiger partial charge in [-0.1, -0.05) is 11.6 Å². The smallest absolute Gasteiger partial charge is 0.409 e. The molecule has 1 N–H and O–H groups in total. The van der Waals surface area contributed by atoms with Crippen molar-refractivity contribution in [3.8, 4) is 5.75 Å². The van der Waals surface area contributed by atoms with Crippen LogP contribution < -0.4 is 10.1 Å². The maximum Gasteiger partial charge on any atom is 0.412 e. The summed E-state index contributed by atoms with van der Waals surface area (Å²) in [5.41, 5.74) is 0. The Labute approximate surface area is 74.5 Å². The molecule has 5 heteroatoms. The van der Waals surface area contributed by atoms with E-state index >= 15 is 0 Å². The fourth-order valence-electron chi connectivity index (χ4n) is 0.581. The van der Waals surface area contributed by atoms with Crippen molar-refractivity contribution >= 4 is 17.7 Å². The van der Waals surface area contributed by atoms with Crippen LogP contribution in [0.3, 0.4) is 0 Å². The first-order valence-corrected chi connectivity index (χ1v) is 3.61. The van der Waals surface area contributed by atoms with E-state index in [4.69, 9.17) is 16.3 Å². The maximum atomic E-state index is 10.7. The third-order valence-corrected chi connectivity index (χ3v) is 1.34. The number of halogens is 1. The van der Waals surface area contributed by atoms with E-state index in [0.29, 0.717) is 10.9 Å². The molecule has 1 aromatic rings. The number of rotatable bonds is 1. The molecule has 12 heavy (non-hydrogen) atoms. The summed E-state index contributed by atoms with van der Waals surface area (Å²) in [6.07, 6.45) is 0.844. The minimum absolute atomic E-state index is 0.360. The quantitative estimate of drug-likeness (QED) is 0.676. The van der Waals surface area contributed by atoms with Gasteiger partial charge < -0.3 is 10.1 Å². The van der Waals surface area contributed by atoms with Gasteiger partial charge in [-0.25, -0.2) is 9.78 Å². The van der Waals surface area contributed by atoms with Gasteiger partial charge in [0.2, 0.25) is 0 Å². The summed E-state index contributed by atoms with van der Waals surface area (Å²) in [5.74, 6) is 0.360. The lowest BCUT2D eigenvalue weighted by atomic mass is 10.5. The molecular weight excluding hydrogens is 180 g/mol. The van der Waals surface area contributed by atoms with Gasteiger partial charge in [-0.3, -0.25) is 0 Å². The zero-order valence-corrected chi connectivity index (χ0v) is 7.13. The molecule has 0 saturated carbocycles. The first-order valence-electron chi connectivity index (χ1n) is 3.23. The van der Waals surface area contributed by atoms with Crippen molar-refractivity contribution in [2.45, 2.75) is 0 Å². The molecule has 0 unspecified atom stereocenters. The standard InChI is InChI=1S/C7H7ClN2O2/c1-9-7(11)12-5-2-3-6(8)10-4-5/h2-4H,1H3,(H,9,11). The molecule has 4 nitrogen and oxygen atoms in total. The minimum Gasteiger partial charge on any atom is -0.409 e. The van der Waals surface area contributed by atoms with Crippen LogP contribution in [0, 0.1) is 0 Å². The van der Waals surface area contributed by atoms with Gasteiger partial charge in [0.15, 0.2) is 5.75 Å². The third kappa shape index (κ3) is 2.39. The zero-order valence-electron chi connectivity index (χ0n) is 6.37. The van der Waals surface area contributed by atoms with Crippen LogP contribution in [-0.2, 0) is 0 Å². The predicted molar refractivity (Wildman–Crippen MR) is 44.3 cm³/mol. The van der Waals surface area contributed by atoms with Crippen LogP contribution in [0.15, 0.2) is 18.3 Å². The molecule has 0 spiro atoms. The van der Waals surface area contributed by atoms with E-state index in [0.717, 1.165) is 0 Å². The van der Waals surface area contributed by atoms with Crippen LogP contribution in [0.2, 0.25) is 5.15 Å². The Morgan fingerprint density at radius 1 is 1.67 bits per heavy atom. The highest BCUT2D eigenvalue weighted by atomic mass is 35.5. The van der Waals surface area contributed by atoms with E-state index in [1.807, 2.05) is 0 Å². The number of nitrogens with zero attached hydrogens (tertiary/aromatic N) is 1. The highest BCUT2D eigenvalue weighted by Crippen LogP contribution is 2.11. The maximum absolute atomic E-state index is 10.7. The second kappa shape index (κ2) is 3.92. The van der Waals surface area contributed by atoms with E-state index in [9.17, 15) is 4.79 Å². The SMILES string of the molecule is CNC(=O)Oc1ccc(Cl)nc1. The average Bonchev–Trinajstić information content (AvgIpc) is 2.09. The number of hydrogen-bond acceptors (Lipinski definition) is 3. The molecule has 64 valence electrons. The molecule has 1 aromatic heterocycles. The Morgan fingerprint density at radius 3 is 2.92 bits per heavy atom. The van der Waals surface area contributed by atoms with Gasteiger partial charge in [-0.15, -0.1) is 0 Å². The lowest BCUT2D eigenvalue weighted by Crippen LogP contribution is -2.22. The molecule has 0 aliphatic heterocycles. The summed E-state index contributed by atoms with van der Waals surface area (Å²) in [7, 11) is 1.48. The van der Waals surface area contributed by atoms with Crippen molar-refractivity contribution < 1.29 is 9.53 Å². The highest BCUT2D eigenvalue weighted by molar-refractivity contribution is 6.29. The van der Waals surface area contributed by atoms with Crippen LogP contribution >= 0.6 is 11.6 Å². The Balaban J connectivity index is 2.64. The van der Waals surface area contributed by atoms with Gasteiger partial charge in [-0.05, 0) is 12.1 Å². The number of carbonyl (C=O) groups excluding carboxylic acids is 1. The third-order valence-electron chi connectivity index (χ3n) is 1.11. The molecule has 1 amide bonds. The Hall–Kier alpha value is -1.29. The molecule has 1 rings (SSSR count). The molecule has 1 heterocycles. The number of carbonyl (C=O) groups is 1. The van der Waals surface area contributed by atoms with Gasteiger partial charge in [0.25, 0.3) is 0 Å². The van der Waals surface area contributed by atoms with Gasteiger partial charge in [0, 0.05) is 7.05 Å². The fourth-order valence-corrected chi connectivity index (χ4v) is 0.692. The summed E-state index contributed by atoms with van der Waals surface area (Å²) in [5, 5.41) is 2.67. The molecule has 0 radical (unpaired) electrons. The van der Waals surface area contributed by atoms with Crippen LogP contribution in [0.25, 0.3) is 0 Å². The van der Waals surface area contributed by atoms with Crippen molar-refractivity contribution in [2.75, 3.05) is 7.05 Å². The topological polar surface area (TPSA) is 51.2 Å². The molecule has 0 aromatic carbocycles. The van der Waals surface area contributed by atoms with E-state index in [2.05, 4.69) is 10.3 Å². The number of pyridine rings is 1. The predicted octanol–water partition coefficient (Wildman–Crippen LogP) is 1.45. The van der Waals surface area contributed by atoms with Crippen molar-refractivity contribution in [3.63, 3.8) is 0 Å². The molecule has 0 fully saturated rings. The number of aromatic nitrogens is 1. The van der Waals surface area contributed by atoms with Crippen molar-refractivity contribution in [1.29, 1.82) is 0 Å². The summed E-state index contributed by atoms with van der Waals surface area (Å²) < 4.78 is 4.75. The summed E-state index contributed by atoms with van der Waals surface area (Å²) in [4.78, 5) is 14.4. The largest absolute Gasteiger partial charge is 0.412 e. The van der Waals surface area contributed by atoms with Crippen LogP contribution in [0.5, 0.6) is 5.75 Å². The summed E-state index contributed by atoms with van der Waals surface area (Å²) in [6.45, 7) is 0. The summed E-state index contributed by atoms with van der Waals surface area (Å²) >= 11 is 5.51. The monoisotopic (exact) mass is 186 g/mol. The molecule has 0 aliphatic carbocycles. The van der Waals surface area contributed by atoms with E-state index in [-0.39, 0.29) is 0 Å². The average molecular weight is 187 g/mol. The van der Waals surface area contributed by atoms with E-state index in [1.165, 1.54) is 13.2 Å². The van der Waals surface area contributed by atoms with Crippen LogP contribution in [0.1, 0.15) is 0 Å². The Kier molecular flexibility index (Phi) is 2.88. The highest BCUT2D eigenvalue weighted by Gasteiger charge is 2.00. The normalized spacial score (nSPS) is 9.17. The lowest BCUT2D eigenvalue weighted by Gasteiger charge is -2.01. The van der Waals surface area contributed by atoms with Gasteiger partial charge in [0.05, 0.1) is 6.20 Å². The minimum atomic E-state index is -0.529. The lowest BCUT2D eigenvalue weighted by molar-refractivity contribution is 0.203. The number of amides is 1. The van der Waals surface area contributed by atoms with Crippen LogP contribution in [0.4, 0.5) is 4.79 Å². The Bertz CT molecular complexity index is 273. The second-order valence-electron chi connectivity index (χ2n) is 1.96. The molecule has 0 atom stereocenters. The van der Waals surface area contributed by atoms with Crippen molar-refractivity contribution in [1.82, 2.24) is 10.3 Å². The Morgan fingerprint density at radius 2 is 2.42 bits per heavy atom. The molecule has 0 saturated heterocycles. The molecular formula is C7H7ClN2O2. The first-order chi connectivity index (χ1) is 5.72.